The normalized spacial score (nSPS) is 22.5. The Morgan fingerprint density at radius 1 is 1.58 bits per heavy atom. The molecular formula is C14H26N4O. The molecule has 0 radical (unpaired) electrons. The Labute approximate surface area is 115 Å². The van der Waals surface area contributed by atoms with E-state index in [0.29, 0.717) is 6.04 Å². The van der Waals surface area contributed by atoms with Crippen molar-refractivity contribution in [3.05, 3.63) is 12.2 Å². The van der Waals surface area contributed by atoms with E-state index in [2.05, 4.69) is 34.2 Å². The minimum atomic E-state index is 0.562. The summed E-state index contributed by atoms with van der Waals surface area (Å²) >= 11 is 0. The third kappa shape index (κ3) is 4.58. The Bertz CT molecular complexity index is 339. The van der Waals surface area contributed by atoms with Crippen LogP contribution in [0.1, 0.15) is 38.9 Å². The molecule has 0 aliphatic carbocycles. The second-order valence-electron chi connectivity index (χ2n) is 5.54. The first-order valence-corrected chi connectivity index (χ1v) is 7.50. The van der Waals surface area contributed by atoms with Gasteiger partial charge in [0.05, 0.1) is 0 Å². The first-order valence-electron chi connectivity index (χ1n) is 7.50. The lowest BCUT2D eigenvalue weighted by molar-refractivity contribution is 0.151. The zero-order valence-electron chi connectivity index (χ0n) is 12.1. The molecule has 1 N–H and O–H groups in total. The minimum absolute atomic E-state index is 0.562. The van der Waals surface area contributed by atoms with Gasteiger partial charge in [0.25, 0.3) is 0 Å². The lowest BCUT2D eigenvalue weighted by Crippen LogP contribution is -2.45. The Hall–Kier alpha value is -0.940. The van der Waals surface area contributed by atoms with Crippen molar-refractivity contribution in [2.75, 3.05) is 26.2 Å². The lowest BCUT2D eigenvalue weighted by atomic mass is 9.91. The molecule has 0 saturated carbocycles. The summed E-state index contributed by atoms with van der Waals surface area (Å²) in [5.74, 6) is 1.56. The molecule has 1 aromatic rings. The average molecular weight is 266 g/mol. The van der Waals surface area contributed by atoms with Crippen molar-refractivity contribution < 1.29 is 4.52 Å². The van der Waals surface area contributed by atoms with E-state index in [1.54, 1.807) is 0 Å². The van der Waals surface area contributed by atoms with Gasteiger partial charge in [-0.1, -0.05) is 12.1 Å². The van der Waals surface area contributed by atoms with Crippen molar-refractivity contribution in [1.82, 2.24) is 20.4 Å². The minimum Gasteiger partial charge on any atom is -0.343 e. The summed E-state index contributed by atoms with van der Waals surface area (Å²) in [4.78, 5) is 6.64. The molecule has 2 rings (SSSR count). The van der Waals surface area contributed by atoms with Crippen LogP contribution in [0.15, 0.2) is 10.9 Å². The van der Waals surface area contributed by atoms with Gasteiger partial charge in [-0.15, -0.1) is 0 Å². The lowest BCUT2D eigenvalue weighted by Gasteiger charge is -2.36. The summed E-state index contributed by atoms with van der Waals surface area (Å²) in [6.07, 6.45) is 6.17. The largest absolute Gasteiger partial charge is 0.343 e. The first-order chi connectivity index (χ1) is 9.29. The molecule has 5 nitrogen and oxygen atoms in total. The summed E-state index contributed by atoms with van der Waals surface area (Å²) < 4.78 is 4.73. The molecule has 1 aromatic heterocycles. The fourth-order valence-electron chi connectivity index (χ4n) is 2.90. The maximum absolute atomic E-state index is 4.73. The van der Waals surface area contributed by atoms with Crippen molar-refractivity contribution >= 4 is 0 Å². The fraction of sp³-hybridized carbons (Fsp3) is 0.857. The Morgan fingerprint density at radius 3 is 3.21 bits per heavy atom. The number of nitrogens with one attached hydrogen (secondary N) is 1. The highest BCUT2D eigenvalue weighted by atomic mass is 16.5. The highest BCUT2D eigenvalue weighted by Gasteiger charge is 2.23. The van der Waals surface area contributed by atoms with E-state index < -0.39 is 0 Å². The highest BCUT2D eigenvalue weighted by molar-refractivity contribution is 4.83. The van der Waals surface area contributed by atoms with Gasteiger partial charge in [0.15, 0.2) is 5.82 Å². The van der Waals surface area contributed by atoms with Crippen LogP contribution in [0.25, 0.3) is 0 Å². The van der Waals surface area contributed by atoms with Crippen LogP contribution in [0.5, 0.6) is 0 Å². The average Bonchev–Trinajstić information content (AvgIpc) is 2.92. The van der Waals surface area contributed by atoms with Gasteiger partial charge in [0, 0.05) is 25.6 Å². The van der Waals surface area contributed by atoms with Gasteiger partial charge in [-0.2, -0.15) is 4.98 Å². The van der Waals surface area contributed by atoms with Crippen molar-refractivity contribution in [2.45, 2.75) is 45.6 Å². The maximum Gasteiger partial charge on any atom is 0.213 e. The van der Waals surface area contributed by atoms with E-state index in [4.69, 9.17) is 4.52 Å². The van der Waals surface area contributed by atoms with Crippen molar-refractivity contribution in [2.24, 2.45) is 5.92 Å². The predicted octanol–water partition coefficient (Wildman–Crippen LogP) is 1.71. The molecule has 5 heteroatoms. The van der Waals surface area contributed by atoms with E-state index in [1.807, 2.05) is 0 Å². The summed E-state index contributed by atoms with van der Waals surface area (Å²) in [5, 5.41) is 7.43. The highest BCUT2D eigenvalue weighted by Crippen LogP contribution is 2.19. The third-order valence-corrected chi connectivity index (χ3v) is 4.01. The summed E-state index contributed by atoms with van der Waals surface area (Å²) in [6.45, 7) is 9.24. The van der Waals surface area contributed by atoms with Gasteiger partial charge >= 0.3 is 0 Å². The molecule has 108 valence electrons. The second kappa shape index (κ2) is 7.60. The quantitative estimate of drug-likeness (QED) is 0.814. The zero-order chi connectivity index (χ0) is 13.5. The molecule has 19 heavy (non-hydrogen) atoms. The van der Waals surface area contributed by atoms with Gasteiger partial charge in [-0.3, -0.25) is 0 Å². The number of aromatic nitrogens is 2. The van der Waals surface area contributed by atoms with Crippen molar-refractivity contribution in [3.8, 4) is 0 Å². The predicted molar refractivity (Wildman–Crippen MR) is 74.9 cm³/mol. The Kier molecular flexibility index (Phi) is 5.79. The molecule has 0 bridgehead atoms. The van der Waals surface area contributed by atoms with Gasteiger partial charge in [0.2, 0.25) is 6.39 Å². The molecule has 1 aliphatic rings. The number of piperidine rings is 1. The smallest absolute Gasteiger partial charge is 0.213 e. The molecule has 0 spiro atoms. The molecule has 1 aliphatic heterocycles. The van der Waals surface area contributed by atoms with Gasteiger partial charge in [-0.25, -0.2) is 0 Å². The summed E-state index contributed by atoms with van der Waals surface area (Å²) in [6, 6.07) is 0.562. The Morgan fingerprint density at radius 2 is 2.47 bits per heavy atom. The third-order valence-electron chi connectivity index (χ3n) is 4.01. The van der Waals surface area contributed by atoms with Gasteiger partial charge in [-0.05, 0) is 45.2 Å². The zero-order valence-corrected chi connectivity index (χ0v) is 12.1. The standard InChI is InChI=1S/C14H26N4O/c1-3-8-18-9-4-5-13(10-18)12(2)15-7-6-14-16-11-19-17-14/h11-13,15H,3-10H2,1-2H3. The molecule has 0 aromatic carbocycles. The molecule has 1 saturated heterocycles. The number of hydrogen-bond acceptors (Lipinski definition) is 5. The summed E-state index contributed by atoms with van der Waals surface area (Å²) in [5.41, 5.74) is 0. The van der Waals surface area contributed by atoms with E-state index in [0.717, 1.165) is 24.7 Å². The van der Waals surface area contributed by atoms with Crippen LogP contribution >= 0.6 is 0 Å². The summed E-state index contributed by atoms with van der Waals surface area (Å²) in [7, 11) is 0. The Balaban J connectivity index is 1.68. The monoisotopic (exact) mass is 266 g/mol. The SMILES string of the molecule is CCCN1CCCC(C(C)NCCc2ncon2)C1. The van der Waals surface area contributed by atoms with Crippen molar-refractivity contribution in [1.29, 1.82) is 0 Å². The van der Waals surface area contributed by atoms with Crippen LogP contribution < -0.4 is 5.32 Å². The molecular weight excluding hydrogens is 240 g/mol. The second-order valence-corrected chi connectivity index (χ2v) is 5.54. The molecule has 1 fully saturated rings. The van der Waals surface area contributed by atoms with Crippen LogP contribution in [0.3, 0.4) is 0 Å². The number of nitrogens with zero attached hydrogens (tertiary/aromatic N) is 3. The van der Waals surface area contributed by atoms with Crippen LogP contribution in [0, 0.1) is 5.92 Å². The van der Waals surface area contributed by atoms with Crippen LogP contribution in [-0.4, -0.2) is 47.3 Å². The topological polar surface area (TPSA) is 54.2 Å². The van der Waals surface area contributed by atoms with Gasteiger partial charge < -0.3 is 14.7 Å². The van der Waals surface area contributed by atoms with E-state index in [9.17, 15) is 0 Å². The van der Waals surface area contributed by atoms with Crippen molar-refractivity contribution in [3.63, 3.8) is 0 Å². The van der Waals surface area contributed by atoms with Crippen LogP contribution in [0.2, 0.25) is 0 Å². The van der Waals surface area contributed by atoms with Crippen LogP contribution in [0.4, 0.5) is 0 Å². The number of hydrogen-bond donors (Lipinski definition) is 1. The van der Waals surface area contributed by atoms with E-state index in [-0.39, 0.29) is 0 Å². The van der Waals surface area contributed by atoms with Gasteiger partial charge in [0.1, 0.15) is 0 Å². The molecule has 2 atom stereocenters. The number of likely N-dealkylation sites (tertiary alicyclic amines) is 1. The maximum atomic E-state index is 4.73. The first kappa shape index (κ1) is 14.5. The fourth-order valence-corrected chi connectivity index (χ4v) is 2.90. The molecule has 2 heterocycles. The van der Waals surface area contributed by atoms with Crippen LogP contribution in [-0.2, 0) is 6.42 Å². The number of rotatable bonds is 7. The molecule has 0 amide bonds. The van der Waals surface area contributed by atoms with E-state index >= 15 is 0 Å². The molecule has 2 unspecified atom stereocenters. The van der Waals surface area contributed by atoms with E-state index in [1.165, 1.54) is 45.3 Å².